The number of aryl methyl sites for hydroxylation is 1. The zero-order chi connectivity index (χ0) is 13.8. The average molecular weight is 277 g/mol. The number of thiophene rings is 1. The maximum Gasteiger partial charge on any atom is 0.0670 e. The second kappa shape index (κ2) is 6.35. The first-order valence-corrected chi connectivity index (χ1v) is 7.79. The molecule has 0 saturated carbocycles. The summed E-state index contributed by atoms with van der Waals surface area (Å²) in [5, 5.41) is 12.5. The molecule has 104 valence electrons. The lowest BCUT2D eigenvalue weighted by atomic mass is 10.1. The number of rotatable bonds is 6. The van der Waals surface area contributed by atoms with E-state index in [0.717, 1.165) is 19.5 Å². The number of nitrogens with zero attached hydrogens (tertiary/aromatic N) is 2. The lowest BCUT2D eigenvalue weighted by Gasteiger charge is -2.08. The Morgan fingerprint density at radius 2 is 2.16 bits per heavy atom. The number of nitrogens with one attached hydrogen (secondary N) is 1. The van der Waals surface area contributed by atoms with Gasteiger partial charge in [0.05, 0.1) is 12.2 Å². The SMILES string of the molecule is Cc1nn(Cc2ccsc2)c(C)c1CCNC(C)C. The number of aromatic nitrogens is 2. The fourth-order valence-corrected chi connectivity index (χ4v) is 2.95. The molecule has 1 N–H and O–H groups in total. The summed E-state index contributed by atoms with van der Waals surface area (Å²) in [6.45, 7) is 10.6. The Balaban J connectivity index is 2.06. The Morgan fingerprint density at radius 1 is 1.37 bits per heavy atom. The predicted molar refractivity (Wildman–Crippen MR) is 82.0 cm³/mol. The molecule has 4 heteroatoms. The second-order valence-corrected chi connectivity index (χ2v) is 6.08. The van der Waals surface area contributed by atoms with E-state index in [0.29, 0.717) is 6.04 Å². The Kier molecular flexibility index (Phi) is 4.77. The molecule has 0 amide bonds. The summed E-state index contributed by atoms with van der Waals surface area (Å²) in [6, 6.07) is 2.71. The van der Waals surface area contributed by atoms with Crippen molar-refractivity contribution in [3.05, 3.63) is 39.3 Å². The molecule has 0 bridgehead atoms. The summed E-state index contributed by atoms with van der Waals surface area (Å²) in [4.78, 5) is 0. The molecule has 0 aliphatic rings. The van der Waals surface area contributed by atoms with E-state index in [9.17, 15) is 0 Å². The highest BCUT2D eigenvalue weighted by Crippen LogP contribution is 2.16. The van der Waals surface area contributed by atoms with Crippen molar-refractivity contribution in [1.29, 1.82) is 0 Å². The summed E-state index contributed by atoms with van der Waals surface area (Å²) in [5.41, 5.74) is 5.19. The van der Waals surface area contributed by atoms with Crippen LogP contribution in [0.3, 0.4) is 0 Å². The molecule has 19 heavy (non-hydrogen) atoms. The molecule has 0 aromatic carbocycles. The summed E-state index contributed by atoms with van der Waals surface area (Å²) < 4.78 is 2.13. The lowest BCUT2D eigenvalue weighted by Crippen LogP contribution is -2.25. The van der Waals surface area contributed by atoms with E-state index in [2.05, 4.69) is 59.6 Å². The van der Waals surface area contributed by atoms with Gasteiger partial charge < -0.3 is 5.32 Å². The number of hydrogen-bond acceptors (Lipinski definition) is 3. The van der Waals surface area contributed by atoms with Gasteiger partial charge in [0.2, 0.25) is 0 Å². The molecule has 0 unspecified atom stereocenters. The minimum absolute atomic E-state index is 0.543. The minimum Gasteiger partial charge on any atom is -0.314 e. The van der Waals surface area contributed by atoms with Gasteiger partial charge in [-0.2, -0.15) is 16.4 Å². The van der Waals surface area contributed by atoms with Crippen molar-refractivity contribution in [2.45, 2.75) is 46.7 Å². The number of hydrogen-bond donors (Lipinski definition) is 1. The van der Waals surface area contributed by atoms with E-state index in [4.69, 9.17) is 0 Å². The van der Waals surface area contributed by atoms with Crippen LogP contribution in [0.15, 0.2) is 16.8 Å². The highest BCUT2D eigenvalue weighted by atomic mass is 32.1. The van der Waals surface area contributed by atoms with Crippen LogP contribution in [0, 0.1) is 13.8 Å². The third kappa shape index (κ3) is 3.67. The lowest BCUT2D eigenvalue weighted by molar-refractivity contribution is 0.588. The molecule has 2 aromatic heterocycles. The van der Waals surface area contributed by atoms with Crippen LogP contribution < -0.4 is 5.32 Å². The van der Waals surface area contributed by atoms with E-state index < -0.39 is 0 Å². The normalized spacial score (nSPS) is 11.4. The summed E-state index contributed by atoms with van der Waals surface area (Å²) in [7, 11) is 0. The van der Waals surface area contributed by atoms with Crippen LogP contribution in [0.5, 0.6) is 0 Å². The van der Waals surface area contributed by atoms with Gasteiger partial charge in [-0.1, -0.05) is 13.8 Å². The third-order valence-corrected chi connectivity index (χ3v) is 4.10. The molecule has 0 atom stereocenters. The molecule has 0 saturated heterocycles. The van der Waals surface area contributed by atoms with Crippen molar-refractivity contribution in [2.75, 3.05) is 6.54 Å². The van der Waals surface area contributed by atoms with Crippen LogP contribution in [0.25, 0.3) is 0 Å². The Labute approximate surface area is 119 Å². The van der Waals surface area contributed by atoms with Crippen molar-refractivity contribution in [3.8, 4) is 0 Å². The van der Waals surface area contributed by atoms with E-state index >= 15 is 0 Å². The standard InChI is InChI=1S/C15H23N3S/c1-11(2)16-7-5-15-12(3)17-18(13(15)4)9-14-6-8-19-10-14/h6,8,10-11,16H,5,7,9H2,1-4H3. The zero-order valence-electron chi connectivity index (χ0n) is 12.2. The quantitative estimate of drug-likeness (QED) is 0.879. The van der Waals surface area contributed by atoms with Crippen LogP contribution in [0.4, 0.5) is 0 Å². The largest absolute Gasteiger partial charge is 0.314 e. The van der Waals surface area contributed by atoms with Gasteiger partial charge in [-0.3, -0.25) is 4.68 Å². The summed E-state index contributed by atoms with van der Waals surface area (Å²) in [6.07, 6.45) is 1.06. The molecular formula is C15H23N3S. The Hall–Kier alpha value is -1.13. The topological polar surface area (TPSA) is 29.9 Å². The van der Waals surface area contributed by atoms with E-state index in [1.54, 1.807) is 11.3 Å². The predicted octanol–water partition coefficient (Wildman–Crippen LogP) is 3.15. The molecule has 2 rings (SSSR count). The molecule has 2 heterocycles. The highest BCUT2D eigenvalue weighted by molar-refractivity contribution is 7.07. The van der Waals surface area contributed by atoms with Gasteiger partial charge in [-0.25, -0.2) is 0 Å². The molecule has 0 spiro atoms. The second-order valence-electron chi connectivity index (χ2n) is 5.30. The fraction of sp³-hybridized carbons (Fsp3) is 0.533. The maximum atomic E-state index is 4.68. The molecule has 2 aromatic rings. The van der Waals surface area contributed by atoms with E-state index in [-0.39, 0.29) is 0 Å². The zero-order valence-corrected chi connectivity index (χ0v) is 13.0. The molecule has 0 aliphatic carbocycles. The van der Waals surface area contributed by atoms with Crippen molar-refractivity contribution in [1.82, 2.24) is 15.1 Å². The van der Waals surface area contributed by atoms with Gasteiger partial charge in [-0.15, -0.1) is 0 Å². The van der Waals surface area contributed by atoms with Gasteiger partial charge in [0, 0.05) is 11.7 Å². The molecule has 3 nitrogen and oxygen atoms in total. The van der Waals surface area contributed by atoms with Crippen molar-refractivity contribution < 1.29 is 0 Å². The van der Waals surface area contributed by atoms with Crippen LogP contribution in [-0.2, 0) is 13.0 Å². The smallest absolute Gasteiger partial charge is 0.0670 e. The van der Waals surface area contributed by atoms with Crippen LogP contribution in [-0.4, -0.2) is 22.4 Å². The maximum absolute atomic E-state index is 4.68. The van der Waals surface area contributed by atoms with Gasteiger partial charge in [0.25, 0.3) is 0 Å². The van der Waals surface area contributed by atoms with Crippen LogP contribution in [0.2, 0.25) is 0 Å². The Bertz CT molecular complexity index is 512. The van der Waals surface area contributed by atoms with Crippen molar-refractivity contribution >= 4 is 11.3 Å². The Morgan fingerprint density at radius 3 is 2.79 bits per heavy atom. The van der Waals surface area contributed by atoms with Crippen molar-refractivity contribution in [3.63, 3.8) is 0 Å². The molecule has 0 radical (unpaired) electrons. The fourth-order valence-electron chi connectivity index (χ4n) is 2.29. The summed E-state index contributed by atoms with van der Waals surface area (Å²) in [5.74, 6) is 0. The highest BCUT2D eigenvalue weighted by Gasteiger charge is 2.11. The van der Waals surface area contributed by atoms with E-state index in [1.165, 1.54) is 22.5 Å². The molecule has 0 aliphatic heterocycles. The van der Waals surface area contributed by atoms with Crippen LogP contribution >= 0.6 is 11.3 Å². The first-order chi connectivity index (χ1) is 9.08. The monoisotopic (exact) mass is 277 g/mol. The molecular weight excluding hydrogens is 254 g/mol. The van der Waals surface area contributed by atoms with Gasteiger partial charge >= 0.3 is 0 Å². The van der Waals surface area contributed by atoms with Gasteiger partial charge in [-0.05, 0) is 54.8 Å². The first-order valence-electron chi connectivity index (χ1n) is 6.85. The van der Waals surface area contributed by atoms with Gasteiger partial charge in [0.1, 0.15) is 0 Å². The van der Waals surface area contributed by atoms with Crippen LogP contribution in [0.1, 0.15) is 36.4 Å². The average Bonchev–Trinajstić information content (AvgIpc) is 2.93. The molecule has 0 fully saturated rings. The third-order valence-electron chi connectivity index (χ3n) is 3.37. The van der Waals surface area contributed by atoms with Crippen molar-refractivity contribution in [2.24, 2.45) is 0 Å². The summed E-state index contributed by atoms with van der Waals surface area (Å²) >= 11 is 1.74. The first kappa shape index (κ1) is 14.3. The minimum atomic E-state index is 0.543. The van der Waals surface area contributed by atoms with E-state index in [1.807, 2.05) is 0 Å². The van der Waals surface area contributed by atoms with Gasteiger partial charge in [0.15, 0.2) is 0 Å².